The van der Waals surface area contributed by atoms with Crippen LogP contribution in [-0.4, -0.2) is 6.88 Å². The fourth-order valence-corrected chi connectivity index (χ4v) is 6.38. The van der Waals surface area contributed by atoms with Gasteiger partial charge in [-0.05, 0) is 27.2 Å². The number of hydrogen-bond acceptors (Lipinski definition) is 0. The second-order valence-electron chi connectivity index (χ2n) is 14.7. The number of aryl methyl sites for hydroxylation is 1. The Bertz CT molecular complexity index is 2200. The van der Waals surface area contributed by atoms with Gasteiger partial charge in [0.2, 0.25) is 0 Å². The van der Waals surface area contributed by atoms with E-state index < -0.39 is 0 Å². The number of halogens is 2. The van der Waals surface area contributed by atoms with Crippen LogP contribution in [0, 0.1) is 20.4 Å². The van der Waals surface area contributed by atoms with Crippen LogP contribution in [-0.2, 0) is 34.2 Å². The maximum Gasteiger partial charge on any atom is -0.171 e. The van der Waals surface area contributed by atoms with Crippen LogP contribution in [0.3, 0.4) is 0 Å². The Kier molecular flexibility index (Phi) is 17.0. The van der Waals surface area contributed by atoms with Crippen molar-refractivity contribution in [1.29, 1.82) is 0 Å². The molecule has 0 unspecified atom stereocenters. The van der Waals surface area contributed by atoms with Crippen molar-refractivity contribution in [3.8, 4) is 11.1 Å². The van der Waals surface area contributed by atoms with E-state index in [-0.39, 0.29) is 43.1 Å². The van der Waals surface area contributed by atoms with Crippen molar-refractivity contribution >= 4 is 74.8 Å². The van der Waals surface area contributed by atoms with E-state index in [0.717, 1.165) is 0 Å². The Morgan fingerprint density at radius 3 is 1.50 bits per heavy atom. The van der Waals surface area contributed by atoms with Crippen LogP contribution in [0.15, 0.2) is 146 Å². The van der Waals surface area contributed by atoms with E-state index in [0.29, 0.717) is 0 Å². The van der Waals surface area contributed by atoms with E-state index in [9.17, 15) is 0 Å². The molecule has 0 saturated heterocycles. The second kappa shape index (κ2) is 19.7. The van der Waals surface area contributed by atoms with E-state index in [2.05, 4.69) is 177 Å². The van der Waals surface area contributed by atoms with E-state index >= 15 is 0 Å². The standard InChI is InChI=1S/C21H25.C20H15.C6H5.CH3.2ClH.Si.Zr/c1-20(2,3)16-7-9-18-14(12-16)11-15-13-17(21(4,5)6)8-10-19(15)18;1-14-12-16-8-5-11-19(20(16)13-14)18-10-4-7-15-6-2-3-9-17(15)18;1-2-4-6-5-3-1;;;;;/h7-13H,1-6H3;2-13H,1H3;1-5H;1H3;2*1H;;/q4*-1;;;;. The average Bonchev–Trinajstić information content (AvgIpc) is 3.68. The minimum atomic E-state index is 0. The molecule has 0 N–H and O–H groups in total. The Balaban J connectivity index is 0.000000285. The normalized spacial score (nSPS) is 10.7. The Morgan fingerprint density at radius 2 is 1.00 bits per heavy atom. The van der Waals surface area contributed by atoms with Crippen molar-refractivity contribution in [3.05, 3.63) is 176 Å². The summed E-state index contributed by atoms with van der Waals surface area (Å²) in [5.74, 6) is 0. The summed E-state index contributed by atoms with van der Waals surface area (Å²) in [4.78, 5) is 0. The first kappa shape index (κ1) is 44.9. The molecule has 52 heavy (non-hydrogen) atoms. The van der Waals surface area contributed by atoms with E-state index in [1.165, 1.54) is 94.2 Å². The van der Waals surface area contributed by atoms with Gasteiger partial charge in [-0.15, -0.1) is 99.1 Å². The molecule has 0 bridgehead atoms. The molecule has 0 aliphatic carbocycles. The maximum atomic E-state index is 3.06. The predicted octanol–water partition coefficient (Wildman–Crippen LogP) is 14.4. The number of benzene rings is 6. The Labute approximate surface area is 341 Å². The van der Waals surface area contributed by atoms with Gasteiger partial charge in [0, 0.05) is 0 Å². The summed E-state index contributed by atoms with van der Waals surface area (Å²) >= 11 is 1.36. The zero-order valence-corrected chi connectivity index (χ0v) is 36.8. The Morgan fingerprint density at radius 1 is 0.500 bits per heavy atom. The van der Waals surface area contributed by atoms with Gasteiger partial charge in [-0.2, -0.15) is 42.5 Å². The molecule has 0 spiro atoms. The molecule has 0 atom stereocenters. The van der Waals surface area contributed by atoms with E-state index in [4.69, 9.17) is 0 Å². The zero-order chi connectivity index (χ0) is 35.2. The van der Waals surface area contributed by atoms with E-state index in [1.807, 2.05) is 30.3 Å². The van der Waals surface area contributed by atoms with Crippen molar-refractivity contribution in [3.63, 3.8) is 0 Å². The quantitative estimate of drug-likeness (QED) is 0.114. The largest absolute Gasteiger partial charge is 0.184 e. The molecule has 8 rings (SSSR count). The third-order valence-electron chi connectivity index (χ3n) is 9.02. The number of hydrogen-bond donors (Lipinski definition) is 0. The summed E-state index contributed by atoms with van der Waals surface area (Å²) in [5.41, 5.74) is 7.18. The first-order chi connectivity index (χ1) is 23.5. The van der Waals surface area contributed by atoms with Gasteiger partial charge < -0.3 is 7.43 Å². The van der Waals surface area contributed by atoms with Gasteiger partial charge in [0.1, 0.15) is 0 Å². The molecular formula is C48H50Cl2SiZr-4. The van der Waals surface area contributed by atoms with Crippen LogP contribution in [0.4, 0.5) is 0 Å². The van der Waals surface area contributed by atoms with Crippen LogP contribution >= 0.6 is 24.8 Å². The summed E-state index contributed by atoms with van der Waals surface area (Å²) in [6, 6.07) is 54.9. The van der Waals surface area contributed by atoms with Crippen molar-refractivity contribution in [2.24, 2.45) is 0 Å². The summed E-state index contributed by atoms with van der Waals surface area (Å²) in [6.45, 7) is 18.9. The molecule has 0 fully saturated rings. The molecular weight excluding hydrogens is 767 g/mol. The van der Waals surface area contributed by atoms with Crippen LogP contribution in [0.25, 0.3) is 54.2 Å². The fraction of sp³-hybridized carbons (Fsp3) is 0.188. The summed E-state index contributed by atoms with van der Waals surface area (Å²) < 4.78 is 0. The van der Waals surface area contributed by atoms with Crippen molar-refractivity contribution < 1.29 is 23.3 Å². The molecule has 0 aliphatic heterocycles. The third kappa shape index (κ3) is 10.7. The minimum Gasteiger partial charge on any atom is -0.184 e. The molecule has 0 nitrogen and oxygen atoms in total. The SMILES string of the molecule is CC(C)(C)c1ccc2c(c1)[cH-]c1cc(C(C)(C)C)ccc12.Cc1cc2c(-c3cccc4ccccc34)cccc2[cH-]1.Cl.Cl.[CH3-].[Si]=[Zr].[c-]1ccccc1. The second-order valence-corrected chi connectivity index (χ2v) is 14.7. The summed E-state index contributed by atoms with van der Waals surface area (Å²) in [6.07, 6.45) is 0. The first-order valence-electron chi connectivity index (χ1n) is 16.9. The van der Waals surface area contributed by atoms with Crippen LogP contribution in [0.1, 0.15) is 58.2 Å². The predicted molar refractivity (Wildman–Crippen MR) is 234 cm³/mol. The zero-order valence-electron chi connectivity index (χ0n) is 31.7. The molecule has 0 aromatic heterocycles. The molecule has 0 amide bonds. The molecule has 4 heteroatoms. The van der Waals surface area contributed by atoms with Gasteiger partial charge in [0.25, 0.3) is 0 Å². The molecule has 0 saturated carbocycles. The van der Waals surface area contributed by atoms with Gasteiger partial charge in [-0.1, -0.05) is 138 Å². The van der Waals surface area contributed by atoms with Crippen LogP contribution < -0.4 is 0 Å². The number of rotatable bonds is 1. The van der Waals surface area contributed by atoms with Crippen molar-refractivity contribution in [2.75, 3.05) is 0 Å². The number of fused-ring (bicyclic) bond motifs is 5. The van der Waals surface area contributed by atoms with Crippen molar-refractivity contribution in [1.82, 2.24) is 0 Å². The van der Waals surface area contributed by atoms with Gasteiger partial charge in [0.15, 0.2) is 0 Å². The molecule has 2 radical (unpaired) electrons. The van der Waals surface area contributed by atoms with Crippen LogP contribution in [0.5, 0.6) is 0 Å². The third-order valence-corrected chi connectivity index (χ3v) is 9.02. The minimum absolute atomic E-state index is 0. The Hall–Kier alpha value is -3.26. The molecule has 8 aromatic rings. The van der Waals surface area contributed by atoms with Gasteiger partial charge >= 0.3 is 30.2 Å². The topological polar surface area (TPSA) is 0 Å². The summed E-state index contributed by atoms with van der Waals surface area (Å²) in [5, 5.41) is 10.8. The van der Waals surface area contributed by atoms with Gasteiger partial charge in [-0.3, -0.25) is 0 Å². The van der Waals surface area contributed by atoms with E-state index in [1.54, 1.807) is 0 Å². The molecule has 268 valence electrons. The monoisotopic (exact) mass is 814 g/mol. The van der Waals surface area contributed by atoms with Crippen LogP contribution in [0.2, 0.25) is 0 Å². The first-order valence-corrected chi connectivity index (χ1v) is 21.1. The maximum absolute atomic E-state index is 3.06. The molecule has 0 heterocycles. The molecule has 8 aromatic carbocycles. The molecule has 0 aliphatic rings. The van der Waals surface area contributed by atoms with Crippen molar-refractivity contribution in [2.45, 2.75) is 59.3 Å². The summed E-state index contributed by atoms with van der Waals surface area (Å²) in [7, 11) is 0. The fourth-order valence-electron chi connectivity index (χ4n) is 6.38. The average molecular weight is 817 g/mol. The van der Waals surface area contributed by atoms with Gasteiger partial charge in [0.05, 0.1) is 0 Å². The van der Waals surface area contributed by atoms with Gasteiger partial charge in [-0.25, -0.2) is 0 Å². The smallest absolute Gasteiger partial charge is 0.171 e.